The van der Waals surface area contributed by atoms with Crippen LogP contribution in [0.5, 0.6) is 5.88 Å². The van der Waals surface area contributed by atoms with Crippen molar-refractivity contribution in [3.8, 4) is 17.7 Å². The van der Waals surface area contributed by atoms with Crippen molar-refractivity contribution >= 4 is 23.0 Å². The Labute approximate surface area is 211 Å². The lowest BCUT2D eigenvalue weighted by Crippen LogP contribution is -2.36. The number of thiophene rings is 1. The SMILES string of the molecule is CC(C)(C)C#Cc1cc(NC2CCC(Oc3cccc(CN4CCOCC4)n3)CC2)c(C(=O)O)s1. The molecule has 35 heavy (non-hydrogen) atoms. The zero-order valence-electron chi connectivity index (χ0n) is 20.8. The molecule has 3 heterocycles. The number of aromatic carboxylic acids is 1. The third-order valence-corrected chi connectivity index (χ3v) is 7.12. The van der Waals surface area contributed by atoms with Crippen molar-refractivity contribution in [2.75, 3.05) is 31.6 Å². The molecule has 0 spiro atoms. The lowest BCUT2D eigenvalue weighted by atomic mass is 9.92. The number of nitrogens with one attached hydrogen (secondary N) is 1. The van der Waals surface area contributed by atoms with Crippen LogP contribution in [0, 0.1) is 17.3 Å². The molecular formula is C27H35N3O4S. The van der Waals surface area contributed by atoms with Gasteiger partial charge in [0.1, 0.15) is 11.0 Å². The average Bonchev–Trinajstić information content (AvgIpc) is 3.23. The summed E-state index contributed by atoms with van der Waals surface area (Å²) in [4.78, 5) is 19.9. The summed E-state index contributed by atoms with van der Waals surface area (Å²) in [7, 11) is 0. The molecule has 2 aromatic rings. The molecule has 0 aromatic carbocycles. The van der Waals surface area contributed by atoms with Crippen molar-refractivity contribution in [2.24, 2.45) is 5.41 Å². The monoisotopic (exact) mass is 497 g/mol. The lowest BCUT2D eigenvalue weighted by Gasteiger charge is -2.30. The van der Waals surface area contributed by atoms with E-state index in [2.05, 4.69) is 22.1 Å². The molecule has 0 bridgehead atoms. The van der Waals surface area contributed by atoms with E-state index in [1.165, 1.54) is 11.3 Å². The Kier molecular flexibility index (Phi) is 8.32. The van der Waals surface area contributed by atoms with Gasteiger partial charge in [0.15, 0.2) is 0 Å². The van der Waals surface area contributed by atoms with E-state index in [0.29, 0.717) is 16.4 Å². The molecule has 0 amide bonds. The minimum Gasteiger partial charge on any atom is -0.477 e. The average molecular weight is 498 g/mol. The first kappa shape index (κ1) is 25.5. The van der Waals surface area contributed by atoms with Crippen LogP contribution in [0.4, 0.5) is 5.69 Å². The molecule has 0 unspecified atom stereocenters. The van der Waals surface area contributed by atoms with Gasteiger partial charge in [0.25, 0.3) is 0 Å². The van der Waals surface area contributed by atoms with Crippen LogP contribution in [0.2, 0.25) is 0 Å². The molecule has 1 saturated carbocycles. The maximum absolute atomic E-state index is 11.8. The molecule has 1 aliphatic carbocycles. The minimum absolute atomic E-state index is 0.119. The molecule has 0 atom stereocenters. The number of morpholine rings is 1. The smallest absolute Gasteiger partial charge is 0.348 e. The molecule has 0 radical (unpaired) electrons. The maximum Gasteiger partial charge on any atom is 0.348 e. The highest BCUT2D eigenvalue weighted by Crippen LogP contribution is 2.31. The highest BCUT2D eigenvalue weighted by Gasteiger charge is 2.25. The Morgan fingerprint density at radius 2 is 2.00 bits per heavy atom. The number of aromatic nitrogens is 1. The Morgan fingerprint density at radius 3 is 2.69 bits per heavy atom. The summed E-state index contributed by atoms with van der Waals surface area (Å²) >= 11 is 1.23. The van der Waals surface area contributed by atoms with E-state index in [4.69, 9.17) is 14.5 Å². The second-order valence-electron chi connectivity index (χ2n) is 10.3. The number of carboxylic acid groups (broad SMARTS) is 1. The topological polar surface area (TPSA) is 83.9 Å². The zero-order valence-corrected chi connectivity index (χ0v) is 21.6. The fourth-order valence-electron chi connectivity index (χ4n) is 4.28. The van der Waals surface area contributed by atoms with Gasteiger partial charge in [-0.3, -0.25) is 4.90 Å². The second-order valence-corrected chi connectivity index (χ2v) is 11.3. The molecular weight excluding hydrogens is 462 g/mol. The van der Waals surface area contributed by atoms with Gasteiger partial charge < -0.3 is 19.9 Å². The normalized spacial score (nSPS) is 21.1. The van der Waals surface area contributed by atoms with Crippen molar-refractivity contribution < 1.29 is 19.4 Å². The van der Waals surface area contributed by atoms with Crippen LogP contribution in [0.3, 0.4) is 0 Å². The maximum atomic E-state index is 11.8. The van der Waals surface area contributed by atoms with Gasteiger partial charge in [-0.25, -0.2) is 9.78 Å². The minimum atomic E-state index is -0.915. The predicted molar refractivity (Wildman–Crippen MR) is 138 cm³/mol. The molecule has 2 aromatic heterocycles. The summed E-state index contributed by atoms with van der Waals surface area (Å²) in [5.74, 6) is 6.08. The quantitative estimate of drug-likeness (QED) is 0.528. The van der Waals surface area contributed by atoms with Gasteiger partial charge in [-0.2, -0.15) is 0 Å². The highest BCUT2D eigenvalue weighted by molar-refractivity contribution is 7.15. The number of anilines is 1. The molecule has 4 rings (SSSR count). The van der Waals surface area contributed by atoms with Crippen LogP contribution in [0.1, 0.15) is 66.7 Å². The van der Waals surface area contributed by atoms with E-state index in [0.717, 1.165) is 69.1 Å². The van der Waals surface area contributed by atoms with Gasteiger partial charge in [-0.1, -0.05) is 17.9 Å². The van der Waals surface area contributed by atoms with E-state index < -0.39 is 5.97 Å². The van der Waals surface area contributed by atoms with E-state index in [1.54, 1.807) is 0 Å². The molecule has 1 aliphatic heterocycles. The summed E-state index contributed by atoms with van der Waals surface area (Å²) in [6.45, 7) is 10.4. The van der Waals surface area contributed by atoms with Crippen LogP contribution in [0.25, 0.3) is 0 Å². The zero-order chi connectivity index (χ0) is 24.8. The summed E-state index contributed by atoms with van der Waals surface area (Å²) in [5.41, 5.74) is 1.56. The number of ether oxygens (including phenoxy) is 2. The van der Waals surface area contributed by atoms with Crippen molar-refractivity contribution in [1.82, 2.24) is 9.88 Å². The molecule has 8 heteroatoms. The van der Waals surface area contributed by atoms with E-state index in [9.17, 15) is 9.90 Å². The molecule has 2 aliphatic rings. The summed E-state index contributed by atoms with van der Waals surface area (Å²) in [6, 6.07) is 8.07. The predicted octanol–water partition coefficient (Wildman–Crippen LogP) is 4.87. The number of hydrogen-bond donors (Lipinski definition) is 2. The summed E-state index contributed by atoms with van der Waals surface area (Å²) in [5, 5.41) is 13.1. The van der Waals surface area contributed by atoms with Crippen molar-refractivity contribution in [2.45, 2.75) is 65.1 Å². The van der Waals surface area contributed by atoms with E-state index in [1.807, 2.05) is 45.0 Å². The van der Waals surface area contributed by atoms with Gasteiger partial charge in [-0.15, -0.1) is 11.3 Å². The van der Waals surface area contributed by atoms with Crippen LogP contribution < -0.4 is 10.1 Å². The van der Waals surface area contributed by atoms with Crippen molar-refractivity contribution in [3.05, 3.63) is 39.7 Å². The van der Waals surface area contributed by atoms with Gasteiger partial charge in [0.05, 0.1) is 29.5 Å². The first-order chi connectivity index (χ1) is 16.7. The van der Waals surface area contributed by atoms with Crippen molar-refractivity contribution in [3.63, 3.8) is 0 Å². The van der Waals surface area contributed by atoms with Gasteiger partial charge >= 0.3 is 5.97 Å². The van der Waals surface area contributed by atoms with Gasteiger partial charge in [-0.05, 0) is 58.6 Å². The van der Waals surface area contributed by atoms with E-state index in [-0.39, 0.29) is 17.6 Å². The standard InChI is InChI=1S/C27H35N3O4S/c1-27(2,3)12-11-22-17-23(25(35-22)26(31)32)28-19-7-9-21(10-8-19)34-24-6-4-5-20(29-24)18-30-13-15-33-16-14-30/h4-6,17,19,21,28H,7-10,13-16,18H2,1-3H3,(H,31,32). The lowest BCUT2D eigenvalue weighted by molar-refractivity contribution is 0.0335. The number of carboxylic acids is 1. The second kappa shape index (κ2) is 11.4. The summed E-state index contributed by atoms with van der Waals surface area (Å²) in [6.07, 6.45) is 3.74. The third kappa shape index (κ3) is 7.69. The Morgan fingerprint density at radius 1 is 1.26 bits per heavy atom. The van der Waals surface area contributed by atoms with Crippen LogP contribution in [0.15, 0.2) is 24.3 Å². The Bertz CT molecular complexity index is 1070. The number of hydrogen-bond acceptors (Lipinski definition) is 7. The molecule has 2 N–H and O–H groups in total. The number of nitrogens with zero attached hydrogens (tertiary/aromatic N) is 2. The van der Waals surface area contributed by atoms with Crippen LogP contribution in [-0.2, 0) is 11.3 Å². The van der Waals surface area contributed by atoms with Gasteiger partial charge in [0.2, 0.25) is 5.88 Å². The summed E-state index contributed by atoms with van der Waals surface area (Å²) < 4.78 is 11.6. The highest BCUT2D eigenvalue weighted by atomic mass is 32.1. The van der Waals surface area contributed by atoms with E-state index >= 15 is 0 Å². The number of rotatable bonds is 7. The fraction of sp³-hybridized carbons (Fsp3) is 0.556. The molecule has 2 fully saturated rings. The van der Waals surface area contributed by atoms with Crippen molar-refractivity contribution in [1.29, 1.82) is 0 Å². The first-order valence-corrected chi connectivity index (χ1v) is 13.2. The molecule has 1 saturated heterocycles. The Hall–Kier alpha value is -2.60. The van der Waals surface area contributed by atoms with Crippen LogP contribution in [-0.4, -0.2) is 59.4 Å². The number of carbonyl (C=O) groups is 1. The Balaban J connectivity index is 1.31. The molecule has 188 valence electrons. The largest absolute Gasteiger partial charge is 0.477 e. The third-order valence-electron chi connectivity index (χ3n) is 6.08. The van der Waals surface area contributed by atoms with Crippen LogP contribution >= 0.6 is 11.3 Å². The molecule has 7 nitrogen and oxygen atoms in total. The fourth-order valence-corrected chi connectivity index (χ4v) is 5.10. The first-order valence-electron chi connectivity index (χ1n) is 12.3. The van der Waals surface area contributed by atoms with Gasteiger partial charge in [0, 0.05) is 37.2 Å². The number of pyridine rings is 1.